The lowest BCUT2D eigenvalue weighted by Gasteiger charge is -2.20. The molecule has 2 amide bonds. The molecular weight excluding hydrogens is 446 g/mol. The summed E-state index contributed by atoms with van der Waals surface area (Å²) in [5.74, 6) is 1.51. The molecule has 3 aromatic rings. The summed E-state index contributed by atoms with van der Waals surface area (Å²) in [7, 11) is 0. The molecule has 0 spiro atoms. The average molecular weight is 474 g/mol. The number of benzene rings is 2. The second-order valence-corrected chi connectivity index (χ2v) is 8.93. The van der Waals surface area contributed by atoms with Crippen LogP contribution in [0.15, 0.2) is 63.3 Å². The van der Waals surface area contributed by atoms with E-state index in [1.165, 1.54) is 9.91 Å². The van der Waals surface area contributed by atoms with Crippen LogP contribution in [0, 0.1) is 6.92 Å². The number of nitrogens with zero attached hydrogens (tertiary/aromatic N) is 5. The highest BCUT2D eigenvalue weighted by molar-refractivity contribution is 6.25. The SMILES string of the molecule is CCOc1ccc(-c2nc(CN3N=N[C@H]4C(=O)N(c5ccc(C(C)C)cc5)C(=O)[C@@H]43)c(C)o2)cc1. The van der Waals surface area contributed by atoms with Crippen LogP contribution in [0.4, 0.5) is 5.69 Å². The third kappa shape index (κ3) is 4.07. The Morgan fingerprint density at radius 2 is 1.74 bits per heavy atom. The Kier molecular flexibility index (Phi) is 5.84. The number of oxazole rings is 1. The minimum absolute atomic E-state index is 0.205. The first-order valence-electron chi connectivity index (χ1n) is 11.7. The van der Waals surface area contributed by atoms with Crippen molar-refractivity contribution in [2.45, 2.75) is 52.2 Å². The van der Waals surface area contributed by atoms with Crippen molar-refractivity contribution >= 4 is 17.5 Å². The summed E-state index contributed by atoms with van der Waals surface area (Å²) in [6.07, 6.45) is 0. The minimum Gasteiger partial charge on any atom is -0.494 e. The van der Waals surface area contributed by atoms with Gasteiger partial charge in [0.15, 0.2) is 12.1 Å². The Labute approximate surface area is 203 Å². The van der Waals surface area contributed by atoms with Crippen molar-refractivity contribution in [2.75, 3.05) is 11.5 Å². The highest BCUT2D eigenvalue weighted by atomic mass is 16.5. The van der Waals surface area contributed by atoms with Crippen molar-refractivity contribution in [1.29, 1.82) is 0 Å². The molecule has 2 aromatic carbocycles. The van der Waals surface area contributed by atoms with Gasteiger partial charge in [0, 0.05) is 5.56 Å². The molecule has 0 unspecified atom stereocenters. The largest absolute Gasteiger partial charge is 0.494 e. The highest BCUT2D eigenvalue weighted by Crippen LogP contribution is 2.34. The zero-order chi connectivity index (χ0) is 24.7. The molecule has 1 saturated heterocycles. The van der Waals surface area contributed by atoms with Crippen LogP contribution in [0.1, 0.15) is 43.7 Å². The number of amides is 2. The number of ether oxygens (including phenoxy) is 1. The number of hydrogen-bond donors (Lipinski definition) is 0. The maximum Gasteiger partial charge on any atom is 0.263 e. The topological polar surface area (TPSA) is 101 Å². The number of fused-ring (bicyclic) bond motifs is 1. The lowest BCUT2D eigenvalue weighted by Crippen LogP contribution is -2.39. The maximum absolute atomic E-state index is 13.3. The lowest BCUT2D eigenvalue weighted by atomic mass is 10.0. The number of anilines is 1. The fourth-order valence-corrected chi connectivity index (χ4v) is 4.33. The zero-order valence-electron chi connectivity index (χ0n) is 20.1. The van der Waals surface area contributed by atoms with Crippen LogP contribution in [0.2, 0.25) is 0 Å². The number of rotatable bonds is 7. The van der Waals surface area contributed by atoms with Gasteiger partial charge in [0.25, 0.3) is 11.8 Å². The van der Waals surface area contributed by atoms with Crippen molar-refractivity contribution < 1.29 is 18.7 Å². The normalized spacial score (nSPS) is 19.2. The molecule has 9 nitrogen and oxygen atoms in total. The predicted molar refractivity (Wildman–Crippen MR) is 129 cm³/mol. The first-order valence-corrected chi connectivity index (χ1v) is 11.7. The Morgan fingerprint density at radius 3 is 2.40 bits per heavy atom. The van der Waals surface area contributed by atoms with E-state index >= 15 is 0 Å². The first-order chi connectivity index (χ1) is 16.9. The Hall–Kier alpha value is -4.01. The van der Waals surface area contributed by atoms with Gasteiger partial charge in [0.2, 0.25) is 5.89 Å². The van der Waals surface area contributed by atoms with Crippen LogP contribution in [0.5, 0.6) is 5.75 Å². The number of carbonyl (C=O) groups is 2. The lowest BCUT2D eigenvalue weighted by molar-refractivity contribution is -0.123. The third-order valence-corrected chi connectivity index (χ3v) is 6.29. The van der Waals surface area contributed by atoms with Gasteiger partial charge in [0.1, 0.15) is 17.2 Å². The zero-order valence-corrected chi connectivity index (χ0v) is 20.1. The van der Waals surface area contributed by atoms with E-state index < -0.39 is 12.1 Å². The Bertz CT molecular complexity index is 1280. The van der Waals surface area contributed by atoms with Crippen molar-refractivity contribution in [3.63, 3.8) is 0 Å². The van der Waals surface area contributed by atoms with Crippen LogP contribution in [-0.4, -0.2) is 40.5 Å². The van der Waals surface area contributed by atoms with E-state index in [-0.39, 0.29) is 18.4 Å². The van der Waals surface area contributed by atoms with Crippen molar-refractivity contribution in [3.8, 4) is 17.2 Å². The van der Waals surface area contributed by atoms with Gasteiger partial charge in [-0.3, -0.25) is 14.6 Å². The van der Waals surface area contributed by atoms with E-state index in [0.717, 1.165) is 16.9 Å². The first kappa shape index (κ1) is 22.8. The van der Waals surface area contributed by atoms with Crippen molar-refractivity contribution in [2.24, 2.45) is 10.3 Å². The van der Waals surface area contributed by atoms with Gasteiger partial charge in [0.05, 0.1) is 18.8 Å². The number of aryl methyl sites for hydroxylation is 1. The highest BCUT2D eigenvalue weighted by Gasteiger charge is 2.54. The molecule has 0 radical (unpaired) electrons. The molecule has 1 aromatic heterocycles. The average Bonchev–Trinajstić information content (AvgIpc) is 3.50. The van der Waals surface area contributed by atoms with E-state index in [4.69, 9.17) is 9.15 Å². The molecule has 0 N–H and O–H groups in total. The van der Waals surface area contributed by atoms with Crippen LogP contribution in [-0.2, 0) is 16.1 Å². The molecular formula is C26H27N5O4. The standard InChI is InChI=1S/C26H27N5O4/c1-5-34-20-12-8-18(9-13-20)24-27-21(16(4)35-24)14-30-23-22(28-29-30)25(32)31(26(23)33)19-10-6-17(7-11-19)15(2)3/h6-13,15,22-23H,5,14H2,1-4H3/t22-,23-/m1/s1. The van der Waals surface area contributed by atoms with E-state index in [2.05, 4.69) is 29.2 Å². The van der Waals surface area contributed by atoms with Crippen molar-refractivity contribution in [3.05, 3.63) is 65.5 Å². The van der Waals surface area contributed by atoms with Gasteiger partial charge in [-0.15, -0.1) is 0 Å². The molecule has 5 rings (SSSR count). The third-order valence-electron chi connectivity index (χ3n) is 6.29. The molecule has 2 aliphatic rings. The molecule has 180 valence electrons. The smallest absolute Gasteiger partial charge is 0.263 e. The number of hydrogen-bond acceptors (Lipinski definition) is 8. The van der Waals surface area contributed by atoms with E-state index in [1.807, 2.05) is 50.2 Å². The van der Waals surface area contributed by atoms with Gasteiger partial charge in [-0.2, -0.15) is 5.11 Å². The monoisotopic (exact) mass is 473 g/mol. The Morgan fingerprint density at radius 1 is 1.03 bits per heavy atom. The van der Waals surface area contributed by atoms with Crippen LogP contribution >= 0.6 is 0 Å². The molecule has 2 atom stereocenters. The van der Waals surface area contributed by atoms with Crippen LogP contribution in [0.25, 0.3) is 11.5 Å². The Balaban J connectivity index is 1.34. The summed E-state index contributed by atoms with van der Waals surface area (Å²) < 4.78 is 11.4. The number of aromatic nitrogens is 1. The summed E-state index contributed by atoms with van der Waals surface area (Å²) in [4.78, 5) is 32.2. The molecule has 3 heterocycles. The van der Waals surface area contributed by atoms with Gasteiger partial charge >= 0.3 is 0 Å². The van der Waals surface area contributed by atoms with Gasteiger partial charge in [-0.05, 0) is 61.7 Å². The molecule has 0 saturated carbocycles. The summed E-state index contributed by atoms with van der Waals surface area (Å²) in [6.45, 7) is 8.73. The maximum atomic E-state index is 13.3. The van der Waals surface area contributed by atoms with E-state index in [1.54, 1.807) is 12.1 Å². The second-order valence-electron chi connectivity index (χ2n) is 8.93. The minimum atomic E-state index is -0.856. The summed E-state index contributed by atoms with van der Waals surface area (Å²) in [5.41, 5.74) is 3.13. The van der Waals surface area contributed by atoms with Crippen molar-refractivity contribution in [1.82, 2.24) is 9.99 Å². The van der Waals surface area contributed by atoms with Crippen LogP contribution < -0.4 is 9.64 Å². The quantitative estimate of drug-likeness (QED) is 0.463. The molecule has 35 heavy (non-hydrogen) atoms. The predicted octanol–water partition coefficient (Wildman–Crippen LogP) is 4.67. The molecule has 0 aliphatic carbocycles. The summed E-state index contributed by atoms with van der Waals surface area (Å²) >= 11 is 0. The molecule has 0 bridgehead atoms. The second kappa shape index (κ2) is 8.98. The van der Waals surface area contributed by atoms with Gasteiger partial charge in [-0.1, -0.05) is 31.2 Å². The van der Waals surface area contributed by atoms with E-state index in [0.29, 0.717) is 35.6 Å². The summed E-state index contributed by atoms with van der Waals surface area (Å²) in [6, 6.07) is 13.3. The summed E-state index contributed by atoms with van der Waals surface area (Å²) in [5, 5.41) is 9.77. The molecule has 2 aliphatic heterocycles. The fourth-order valence-electron chi connectivity index (χ4n) is 4.33. The van der Waals surface area contributed by atoms with Crippen LogP contribution in [0.3, 0.4) is 0 Å². The van der Waals surface area contributed by atoms with E-state index in [9.17, 15) is 9.59 Å². The number of carbonyl (C=O) groups excluding carboxylic acids is 2. The molecule has 9 heteroatoms. The van der Waals surface area contributed by atoms with Gasteiger partial charge in [-0.25, -0.2) is 9.88 Å². The fraction of sp³-hybridized carbons (Fsp3) is 0.346. The van der Waals surface area contributed by atoms with Gasteiger partial charge < -0.3 is 9.15 Å². The number of imide groups is 1. The molecule has 1 fully saturated rings.